The van der Waals surface area contributed by atoms with Crippen LogP contribution in [0.1, 0.15) is 61.1 Å². The average Bonchev–Trinajstić information content (AvgIpc) is 3.32. The van der Waals surface area contributed by atoms with Crippen LogP contribution in [-0.2, 0) is 0 Å². The van der Waals surface area contributed by atoms with Crippen molar-refractivity contribution in [3.05, 3.63) is 55.3 Å². The molecule has 0 aliphatic heterocycles. The molecule has 9 nitrogen and oxygen atoms in total. The second-order valence-corrected chi connectivity index (χ2v) is 23.4. The second-order valence-electron chi connectivity index (χ2n) is 19.9. The first-order valence-corrected chi connectivity index (χ1v) is 24.0. The fraction of sp³-hybridized carbons (Fsp3) is 0.569. The molecule has 0 saturated heterocycles. The van der Waals surface area contributed by atoms with Gasteiger partial charge >= 0.3 is 0 Å². The van der Waals surface area contributed by atoms with Gasteiger partial charge in [0.2, 0.25) is 0 Å². The maximum Gasteiger partial charge on any atom is 0.184 e. The van der Waals surface area contributed by atoms with Crippen molar-refractivity contribution in [1.82, 2.24) is 0 Å². The van der Waals surface area contributed by atoms with Gasteiger partial charge in [0.15, 0.2) is 8.07 Å². The molecule has 0 radical (unpaired) electrons. The predicted octanol–water partition coefficient (Wildman–Crippen LogP) is 7.44. The molecule has 0 aromatic heterocycles. The summed E-state index contributed by atoms with van der Waals surface area (Å²) in [5.41, 5.74) is 23.9. The number of hydrogen-bond acceptors (Lipinski definition) is 9. The highest BCUT2D eigenvalue weighted by Crippen LogP contribution is 2.52. The van der Waals surface area contributed by atoms with Gasteiger partial charge in [-0.3, -0.25) is 0 Å². The number of anilines is 9. The normalized spacial score (nSPS) is 14.3. The third-order valence-corrected chi connectivity index (χ3v) is 19.8. The van der Waals surface area contributed by atoms with Crippen LogP contribution in [0.25, 0.3) is 0 Å². The van der Waals surface area contributed by atoms with Crippen molar-refractivity contribution in [3.8, 4) is 0 Å². The predicted molar refractivity (Wildman–Crippen MR) is 282 cm³/mol. The van der Waals surface area contributed by atoms with Crippen LogP contribution in [0.3, 0.4) is 0 Å². The Bertz CT molecular complexity index is 2060. The summed E-state index contributed by atoms with van der Waals surface area (Å²) in [6.07, 6.45) is 0. The van der Waals surface area contributed by atoms with E-state index in [1.54, 1.807) is 5.20 Å². The van der Waals surface area contributed by atoms with Crippen molar-refractivity contribution >= 4 is 74.8 Å². The minimum atomic E-state index is -3.58. The van der Waals surface area contributed by atoms with Crippen LogP contribution < -0.4 is 59.7 Å². The quantitative estimate of drug-likeness (QED) is 0.129. The van der Waals surface area contributed by atoms with Crippen molar-refractivity contribution in [2.75, 3.05) is 171 Å². The SMILES string of the molecule is CC1=C(C)C(C)C([Si](c2c(C)c(C)c(N(C)C)c(N(C)C)c2N(C)C)(c2c(C)c(C)c(N(C)C)c(N(C)C)c2N(C)C)c2c(C)c(C)c(N(C)C)c(N(C)C)c2N(C)C)=C1C. The van der Waals surface area contributed by atoms with E-state index >= 15 is 0 Å². The Morgan fingerprint density at radius 1 is 0.279 bits per heavy atom. The van der Waals surface area contributed by atoms with Crippen LogP contribution in [0.5, 0.6) is 0 Å². The third kappa shape index (κ3) is 7.32. The van der Waals surface area contributed by atoms with Gasteiger partial charge < -0.3 is 44.1 Å². The molecule has 1 aliphatic rings. The molecule has 1 atom stereocenters. The summed E-state index contributed by atoms with van der Waals surface area (Å²) < 4.78 is 0. The lowest BCUT2D eigenvalue weighted by Gasteiger charge is -2.49. The molecule has 0 heterocycles. The number of nitrogens with zero attached hydrogens (tertiary/aromatic N) is 9. The van der Waals surface area contributed by atoms with E-state index in [1.807, 2.05) is 0 Å². The van der Waals surface area contributed by atoms with Gasteiger partial charge in [0.25, 0.3) is 0 Å². The molecule has 0 fully saturated rings. The summed E-state index contributed by atoms with van der Waals surface area (Å²) in [5, 5.41) is 6.03. The molecule has 0 bridgehead atoms. The third-order valence-electron chi connectivity index (χ3n) is 14.1. The van der Waals surface area contributed by atoms with Crippen molar-refractivity contribution < 1.29 is 0 Å². The molecular weight excluding hydrogens is 767 g/mol. The first kappa shape index (κ1) is 49.2. The number of allylic oxidation sites excluding steroid dienone is 4. The zero-order chi connectivity index (χ0) is 47.0. The Hall–Kier alpha value is -4.44. The van der Waals surface area contributed by atoms with Crippen LogP contribution in [0.15, 0.2) is 21.9 Å². The van der Waals surface area contributed by atoms with Crippen LogP contribution >= 0.6 is 0 Å². The maximum atomic E-state index is 2.52. The Morgan fingerprint density at radius 2 is 0.492 bits per heavy atom. The van der Waals surface area contributed by atoms with Crippen molar-refractivity contribution in [2.45, 2.75) is 69.2 Å². The van der Waals surface area contributed by atoms with Crippen LogP contribution in [0.2, 0.25) is 0 Å². The highest BCUT2D eigenvalue weighted by atomic mass is 28.3. The number of benzene rings is 3. The molecule has 61 heavy (non-hydrogen) atoms. The van der Waals surface area contributed by atoms with Crippen molar-refractivity contribution in [1.29, 1.82) is 0 Å². The highest BCUT2D eigenvalue weighted by Gasteiger charge is 2.56. The molecule has 338 valence electrons. The largest absolute Gasteiger partial charge is 0.376 e. The van der Waals surface area contributed by atoms with E-state index in [4.69, 9.17) is 0 Å². The van der Waals surface area contributed by atoms with Gasteiger partial charge in [-0.15, -0.1) is 0 Å². The van der Waals surface area contributed by atoms with Crippen molar-refractivity contribution in [2.24, 2.45) is 5.92 Å². The van der Waals surface area contributed by atoms with E-state index in [2.05, 4.69) is 240 Å². The van der Waals surface area contributed by atoms with Gasteiger partial charge in [-0.1, -0.05) is 23.3 Å². The Kier molecular flexibility index (Phi) is 14.0. The molecule has 0 spiro atoms. The molecular formula is C51H85N9Si. The van der Waals surface area contributed by atoms with Gasteiger partial charge in [-0.2, -0.15) is 0 Å². The zero-order valence-electron chi connectivity index (χ0n) is 44.1. The van der Waals surface area contributed by atoms with Gasteiger partial charge in [-0.05, 0) is 123 Å². The fourth-order valence-corrected chi connectivity index (χ4v) is 18.7. The molecule has 3 aromatic carbocycles. The van der Waals surface area contributed by atoms with E-state index in [0.717, 1.165) is 0 Å². The molecule has 4 rings (SSSR count). The van der Waals surface area contributed by atoms with Gasteiger partial charge in [0, 0.05) is 127 Å². The van der Waals surface area contributed by atoms with Crippen LogP contribution in [-0.4, -0.2) is 135 Å². The topological polar surface area (TPSA) is 29.2 Å². The zero-order valence-corrected chi connectivity index (χ0v) is 45.1. The monoisotopic (exact) mass is 852 g/mol. The average molecular weight is 852 g/mol. The minimum Gasteiger partial charge on any atom is -0.376 e. The summed E-state index contributed by atoms with van der Waals surface area (Å²) >= 11 is 0. The van der Waals surface area contributed by atoms with Crippen LogP contribution in [0, 0.1) is 47.5 Å². The van der Waals surface area contributed by atoms with Gasteiger partial charge in [0.1, 0.15) is 0 Å². The van der Waals surface area contributed by atoms with E-state index in [1.165, 1.54) is 117 Å². The second kappa shape index (κ2) is 17.4. The molecule has 1 aliphatic carbocycles. The summed E-state index contributed by atoms with van der Waals surface area (Å²) in [4.78, 5) is 21.5. The van der Waals surface area contributed by atoms with Crippen LogP contribution in [0.4, 0.5) is 51.2 Å². The maximum absolute atomic E-state index is 3.58. The highest BCUT2D eigenvalue weighted by molar-refractivity contribution is 7.19. The number of rotatable bonds is 13. The molecule has 0 amide bonds. The first-order valence-electron chi connectivity index (χ1n) is 22.0. The molecule has 1 unspecified atom stereocenters. The number of hydrogen-bond donors (Lipinski definition) is 0. The Balaban J connectivity index is 2.90. The Morgan fingerprint density at radius 3 is 0.656 bits per heavy atom. The first-order chi connectivity index (χ1) is 28.0. The minimum absolute atomic E-state index is 0.204. The lowest BCUT2D eigenvalue weighted by atomic mass is 10.0. The fourth-order valence-electron chi connectivity index (χ4n) is 11.2. The van der Waals surface area contributed by atoms with E-state index in [9.17, 15) is 0 Å². The van der Waals surface area contributed by atoms with Gasteiger partial charge in [0.05, 0.1) is 51.2 Å². The van der Waals surface area contributed by atoms with Gasteiger partial charge in [-0.25, -0.2) is 0 Å². The standard InChI is InChI=1S/C51H85N9Si/c1-29-30(2)35(7)48(34(29)6)61(49-36(8)31(3)39(52(11)12)42(55(17)18)45(49)58(23)24,50-37(9)32(4)40(53(13)14)43(56(19)20)46(50)59(25)26)51-38(10)33(5)41(54(15)16)44(57(21)22)47(51)60(27)28/h34H,1-28H3. The lowest BCUT2D eigenvalue weighted by Crippen LogP contribution is -2.73. The summed E-state index contributed by atoms with van der Waals surface area (Å²) in [7, 11) is 36.8. The summed E-state index contributed by atoms with van der Waals surface area (Å²) in [5.74, 6) is 0.204. The summed E-state index contributed by atoms with van der Waals surface area (Å²) in [6, 6.07) is 0. The van der Waals surface area contributed by atoms with E-state index in [-0.39, 0.29) is 5.92 Å². The molecule has 10 heteroatoms. The lowest BCUT2D eigenvalue weighted by molar-refractivity contribution is 0.851. The molecule has 0 N–H and O–H groups in total. The molecule has 0 saturated carbocycles. The Labute approximate surface area is 374 Å². The van der Waals surface area contributed by atoms with E-state index in [0.29, 0.717) is 0 Å². The summed E-state index contributed by atoms with van der Waals surface area (Å²) in [6.45, 7) is 24.2. The van der Waals surface area contributed by atoms with E-state index < -0.39 is 8.07 Å². The smallest absolute Gasteiger partial charge is 0.184 e. The van der Waals surface area contributed by atoms with Crippen molar-refractivity contribution in [3.63, 3.8) is 0 Å². The molecule has 3 aromatic rings.